The summed E-state index contributed by atoms with van der Waals surface area (Å²) >= 11 is 0. The number of aromatic amines is 2. The number of aryl methyl sites for hydroxylation is 4. The number of allylic oxidation sites excluding steroid dienone is 2. The Balaban J connectivity index is 1.39. The summed E-state index contributed by atoms with van der Waals surface area (Å²) in [5, 5.41) is 8.80. The molecule has 0 aliphatic rings. The van der Waals surface area contributed by atoms with Crippen LogP contribution in [0.4, 0.5) is 0 Å². The van der Waals surface area contributed by atoms with Crippen molar-refractivity contribution in [1.82, 2.24) is 38.7 Å². The molecule has 6 N–H and O–H groups in total. The maximum atomic E-state index is 13.9. The number of unbranched alkanes of at least 4 members (excludes halogenated alkanes) is 2. The van der Waals surface area contributed by atoms with Gasteiger partial charge in [0, 0.05) is 43.7 Å². The highest BCUT2D eigenvalue weighted by Crippen LogP contribution is 2.49. The van der Waals surface area contributed by atoms with Gasteiger partial charge in [0.2, 0.25) is 23.1 Å². The summed E-state index contributed by atoms with van der Waals surface area (Å²) in [6.07, 6.45) is 6.93. The number of phosphoric acid groups is 1. The first kappa shape index (κ1) is 51.5. The quantitative estimate of drug-likeness (QED) is 0.0302. The van der Waals surface area contributed by atoms with Crippen molar-refractivity contribution >= 4 is 53.5 Å². The van der Waals surface area contributed by atoms with Gasteiger partial charge in [-0.15, -0.1) is 0 Å². The van der Waals surface area contributed by atoms with Gasteiger partial charge in [0.05, 0.1) is 56.0 Å². The zero-order chi connectivity index (χ0) is 49.8. The molecule has 23 heteroatoms. The lowest BCUT2D eigenvalue weighted by atomic mass is 10.1. The first-order chi connectivity index (χ1) is 33.1. The Morgan fingerprint density at radius 1 is 0.652 bits per heavy atom. The minimum Gasteiger partial charge on any atom is -0.494 e. The van der Waals surface area contributed by atoms with E-state index in [9.17, 15) is 23.7 Å². The molecule has 0 unspecified atom stereocenters. The van der Waals surface area contributed by atoms with Crippen molar-refractivity contribution in [3.8, 4) is 11.5 Å². The lowest BCUT2D eigenvalue weighted by Gasteiger charge is -2.18. The van der Waals surface area contributed by atoms with Gasteiger partial charge in [0.1, 0.15) is 33.9 Å². The number of benzene rings is 2. The molecule has 0 radical (unpaired) electrons. The minimum atomic E-state index is -3.82. The van der Waals surface area contributed by atoms with Crippen molar-refractivity contribution in [2.75, 3.05) is 33.5 Å². The lowest BCUT2D eigenvalue weighted by Crippen LogP contribution is -2.22. The third-order valence-electron chi connectivity index (χ3n) is 10.8. The zero-order valence-corrected chi connectivity index (χ0v) is 41.0. The van der Waals surface area contributed by atoms with Crippen molar-refractivity contribution in [3.63, 3.8) is 0 Å². The van der Waals surface area contributed by atoms with Crippen LogP contribution in [-0.4, -0.2) is 95.8 Å². The third kappa shape index (κ3) is 12.4. The van der Waals surface area contributed by atoms with Crippen molar-refractivity contribution in [2.45, 2.75) is 99.8 Å². The molecule has 4 aromatic heterocycles. The predicted octanol–water partition coefficient (Wildman–Crippen LogP) is 5.77. The number of phosphoric ester groups is 1. The molecule has 0 saturated carbocycles. The number of rotatable bonds is 25. The number of hydrogen-bond acceptors (Lipinski definition) is 12. The van der Waals surface area contributed by atoms with Gasteiger partial charge in [-0.25, -0.2) is 4.57 Å². The molecule has 0 spiro atoms. The Morgan fingerprint density at radius 2 is 1.09 bits per heavy atom. The predicted molar refractivity (Wildman–Crippen MR) is 256 cm³/mol. The Bertz CT molecular complexity index is 3040. The number of aromatic nitrogens is 8. The number of carbonyl (C=O) groups is 4. The summed E-state index contributed by atoms with van der Waals surface area (Å²) in [4.78, 5) is 67.8. The van der Waals surface area contributed by atoms with Crippen LogP contribution in [0.5, 0.6) is 11.5 Å². The van der Waals surface area contributed by atoms with Crippen LogP contribution in [0.2, 0.25) is 0 Å². The van der Waals surface area contributed by atoms with Crippen molar-refractivity contribution < 1.29 is 46.8 Å². The SMILES string of the molecule is CCCCOP(=O)(OCCCC)OCCCOc1cc(C(N)=O)cc2[nH]/c(=N/C(=O)c3cc(C)nn3CC)n(C/C=C/Cn3/c(=N\C(=O)c4cc(C)nn4CC)[nH]c4cc(C(N)=O)cc(OC)c43)c12. The van der Waals surface area contributed by atoms with Gasteiger partial charge in [-0.1, -0.05) is 38.8 Å². The number of carbonyl (C=O) groups excluding carboxylic acids is 4. The molecule has 22 nitrogen and oxygen atoms in total. The Morgan fingerprint density at radius 3 is 1.51 bits per heavy atom. The fraction of sp³-hybridized carbons (Fsp3) is 0.435. The highest BCUT2D eigenvalue weighted by molar-refractivity contribution is 7.48. The number of nitrogens with two attached hydrogens (primary N) is 2. The van der Waals surface area contributed by atoms with Crippen LogP contribution >= 0.6 is 7.82 Å². The number of ether oxygens (including phenoxy) is 2. The van der Waals surface area contributed by atoms with Crippen LogP contribution in [0.25, 0.3) is 22.1 Å². The van der Waals surface area contributed by atoms with E-state index in [1.807, 2.05) is 39.8 Å². The molecular weight excluding hydrogens is 912 g/mol. The van der Waals surface area contributed by atoms with E-state index in [4.69, 9.17) is 34.5 Å². The van der Waals surface area contributed by atoms with Crippen molar-refractivity contribution in [1.29, 1.82) is 0 Å². The first-order valence-corrected chi connectivity index (χ1v) is 24.3. The average molecular weight is 973 g/mol. The average Bonchev–Trinajstić information content (AvgIpc) is 4.09. The molecule has 0 fully saturated rings. The van der Waals surface area contributed by atoms with E-state index in [2.05, 4.69) is 30.2 Å². The molecule has 4 heterocycles. The molecule has 0 aliphatic heterocycles. The van der Waals surface area contributed by atoms with E-state index >= 15 is 0 Å². The number of hydrogen-bond donors (Lipinski definition) is 4. The second kappa shape index (κ2) is 23.4. The molecule has 6 aromatic rings. The summed E-state index contributed by atoms with van der Waals surface area (Å²) in [5.41, 5.74) is 15.6. The van der Waals surface area contributed by atoms with E-state index in [-0.39, 0.29) is 85.4 Å². The zero-order valence-electron chi connectivity index (χ0n) is 40.1. The van der Waals surface area contributed by atoms with Crippen LogP contribution in [0, 0.1) is 13.8 Å². The van der Waals surface area contributed by atoms with Gasteiger partial charge in [-0.05, 0) is 76.9 Å². The number of methoxy groups -OCH3 is 1. The van der Waals surface area contributed by atoms with Gasteiger partial charge < -0.3 is 40.0 Å². The van der Waals surface area contributed by atoms with Crippen LogP contribution in [0.15, 0.2) is 58.5 Å². The molecule has 0 saturated heterocycles. The number of H-pyrrole nitrogens is 2. The highest BCUT2D eigenvalue weighted by Gasteiger charge is 2.26. The molecule has 6 rings (SSSR count). The van der Waals surface area contributed by atoms with Crippen molar-refractivity contribution in [2.24, 2.45) is 21.5 Å². The summed E-state index contributed by atoms with van der Waals surface area (Å²) in [6, 6.07) is 9.41. The number of imidazole rings is 2. The fourth-order valence-electron chi connectivity index (χ4n) is 7.39. The van der Waals surface area contributed by atoms with E-state index < -0.39 is 31.5 Å². The maximum absolute atomic E-state index is 13.9. The number of primary amides is 2. The Kier molecular flexibility index (Phi) is 17.5. The molecule has 0 bridgehead atoms. The normalized spacial score (nSPS) is 12.6. The highest BCUT2D eigenvalue weighted by atomic mass is 31.2. The van der Waals surface area contributed by atoms with Gasteiger partial charge >= 0.3 is 7.82 Å². The second-order valence-corrected chi connectivity index (χ2v) is 17.6. The van der Waals surface area contributed by atoms with E-state index in [1.165, 1.54) is 19.2 Å². The van der Waals surface area contributed by atoms with E-state index in [0.29, 0.717) is 65.1 Å². The molecule has 0 atom stereocenters. The molecule has 2 aromatic carbocycles. The van der Waals surface area contributed by atoms with Gasteiger partial charge in [0.25, 0.3) is 11.8 Å². The molecule has 0 aliphatic carbocycles. The molecule has 69 heavy (non-hydrogen) atoms. The third-order valence-corrected chi connectivity index (χ3v) is 12.3. The van der Waals surface area contributed by atoms with Crippen LogP contribution in [-0.2, 0) is 44.3 Å². The summed E-state index contributed by atoms with van der Waals surface area (Å²) < 4.78 is 48.7. The Hall–Kier alpha value is -6.87. The number of nitrogens with one attached hydrogen (secondary N) is 2. The summed E-state index contributed by atoms with van der Waals surface area (Å²) in [6.45, 7) is 12.8. The van der Waals surface area contributed by atoms with Crippen molar-refractivity contribution in [3.05, 3.63) is 93.7 Å². The second-order valence-electron chi connectivity index (χ2n) is 15.9. The topological polar surface area (TPSA) is 285 Å². The molecular formula is C46H61N12O10P. The molecule has 4 amide bonds. The van der Waals surface area contributed by atoms with Gasteiger partial charge in [0.15, 0.2) is 0 Å². The first-order valence-electron chi connectivity index (χ1n) is 22.9. The summed E-state index contributed by atoms with van der Waals surface area (Å²) in [7, 11) is -2.37. The lowest BCUT2D eigenvalue weighted by molar-refractivity contribution is 0.0978. The minimum absolute atomic E-state index is 0.0223. The Labute approximate surface area is 397 Å². The van der Waals surface area contributed by atoms with Gasteiger partial charge in [-0.3, -0.25) is 42.1 Å². The fourth-order valence-corrected chi connectivity index (χ4v) is 8.67. The van der Waals surface area contributed by atoms with Gasteiger partial charge in [-0.2, -0.15) is 20.2 Å². The maximum Gasteiger partial charge on any atom is 0.474 e. The van der Waals surface area contributed by atoms with E-state index in [0.717, 1.165) is 12.8 Å². The number of amides is 4. The number of fused-ring (bicyclic) bond motifs is 2. The number of nitrogens with zero attached hydrogens (tertiary/aromatic N) is 8. The standard InChI is InChI=1S/C46H61N12O10P/c1-8-12-20-66-69(63,67-21-13-9-2)68-22-16-19-65-38-28-32(42(48)60)26-34-40(38)56(46(50-34)52-44(62)36-24-30(6)54-58(36)11-4)18-15-14-17-55-39-33(25-31(41(47)59)27-37(39)64-7)49-45(55)51-43(61)35-23-29(5)53-57(35)10-3/h14-15,23-28H,8-13,16-22H2,1-7H3,(H2,47,59)(H2,48,60)(H,49,51,61)(H,50,52,62)/b15-14+. The molecule has 370 valence electrons. The monoisotopic (exact) mass is 972 g/mol. The van der Waals surface area contributed by atoms with Crippen LogP contribution < -0.4 is 32.2 Å². The summed E-state index contributed by atoms with van der Waals surface area (Å²) in [5.74, 6) is -1.99. The van der Waals surface area contributed by atoms with Crippen LogP contribution in [0.3, 0.4) is 0 Å². The largest absolute Gasteiger partial charge is 0.494 e. The smallest absolute Gasteiger partial charge is 0.474 e. The van der Waals surface area contributed by atoms with E-state index in [1.54, 1.807) is 56.6 Å². The van der Waals surface area contributed by atoms with Crippen LogP contribution in [0.1, 0.15) is 113 Å².